The van der Waals surface area contributed by atoms with Gasteiger partial charge in [0.25, 0.3) is 0 Å². The zero-order valence-electron chi connectivity index (χ0n) is 5.61. The van der Waals surface area contributed by atoms with Crippen LogP contribution in [0.25, 0.3) is 11.0 Å². The van der Waals surface area contributed by atoms with Gasteiger partial charge in [-0.05, 0) is 27.5 Å². The average Bonchev–Trinajstić information content (AvgIpc) is 2.31. The van der Waals surface area contributed by atoms with Crippen LogP contribution >= 0.6 is 39.1 Å². The Morgan fingerprint density at radius 3 is 2.83 bits per heavy atom. The zero-order chi connectivity index (χ0) is 8.72. The number of rotatable bonds is 0. The topological polar surface area (TPSA) is 41.6 Å². The van der Waals surface area contributed by atoms with Crippen LogP contribution in [0, 0.1) is 0 Å². The number of aromatic nitrogens is 3. The van der Waals surface area contributed by atoms with Crippen molar-refractivity contribution in [3.63, 3.8) is 0 Å². The molecule has 0 amide bonds. The molecule has 62 valence electrons. The van der Waals surface area contributed by atoms with Crippen molar-refractivity contribution in [1.29, 1.82) is 0 Å². The number of fused-ring (bicyclic) bond motifs is 1. The van der Waals surface area contributed by atoms with Crippen molar-refractivity contribution in [3.05, 3.63) is 21.1 Å². The second kappa shape index (κ2) is 2.87. The largest absolute Gasteiger partial charge is 0.345 e. The third kappa shape index (κ3) is 1.20. The van der Waals surface area contributed by atoms with Gasteiger partial charge in [0.05, 0.1) is 5.39 Å². The normalized spacial score (nSPS) is 10.9. The predicted octanol–water partition coefficient (Wildman–Crippen LogP) is 3.03. The Hall–Kier alpha value is -0.320. The van der Waals surface area contributed by atoms with E-state index in [0.29, 0.717) is 10.8 Å². The fourth-order valence-electron chi connectivity index (χ4n) is 0.928. The van der Waals surface area contributed by atoms with Crippen molar-refractivity contribution in [2.24, 2.45) is 0 Å². The molecule has 6 heteroatoms. The summed E-state index contributed by atoms with van der Waals surface area (Å²) >= 11 is 14.7. The summed E-state index contributed by atoms with van der Waals surface area (Å²) in [5.41, 5.74) is 0.631. The Morgan fingerprint density at radius 1 is 1.33 bits per heavy atom. The highest BCUT2D eigenvalue weighted by molar-refractivity contribution is 9.10. The summed E-state index contributed by atoms with van der Waals surface area (Å²) in [6.07, 6.45) is 1.74. The van der Waals surface area contributed by atoms with Gasteiger partial charge in [-0.25, -0.2) is 4.98 Å². The number of hydrogen-bond acceptors (Lipinski definition) is 2. The van der Waals surface area contributed by atoms with Crippen molar-refractivity contribution >= 4 is 50.2 Å². The van der Waals surface area contributed by atoms with Crippen LogP contribution in [0.3, 0.4) is 0 Å². The minimum Gasteiger partial charge on any atom is -0.345 e. The lowest BCUT2D eigenvalue weighted by atomic mass is 10.4. The van der Waals surface area contributed by atoms with Crippen molar-refractivity contribution in [2.75, 3.05) is 0 Å². The predicted molar refractivity (Wildman–Crippen MR) is 51.6 cm³/mol. The summed E-state index contributed by atoms with van der Waals surface area (Å²) < 4.78 is 0.833. The lowest BCUT2D eigenvalue weighted by Crippen LogP contribution is -1.84. The summed E-state index contributed by atoms with van der Waals surface area (Å²) in [6, 6.07) is 0. The Bertz CT molecular complexity index is 440. The monoisotopic (exact) mass is 265 g/mol. The number of hydrogen-bond donors (Lipinski definition) is 1. The van der Waals surface area contributed by atoms with Crippen molar-refractivity contribution in [3.8, 4) is 0 Å². The second-order valence-electron chi connectivity index (χ2n) is 2.14. The molecule has 0 aromatic carbocycles. The Labute approximate surface area is 86.2 Å². The van der Waals surface area contributed by atoms with Crippen LogP contribution < -0.4 is 0 Å². The van der Waals surface area contributed by atoms with E-state index >= 15 is 0 Å². The highest BCUT2D eigenvalue weighted by atomic mass is 79.9. The molecule has 0 radical (unpaired) electrons. The molecule has 0 aliphatic rings. The molecule has 2 aromatic heterocycles. The van der Waals surface area contributed by atoms with Gasteiger partial charge < -0.3 is 4.98 Å². The maximum Gasteiger partial charge on any atom is 0.225 e. The molecule has 0 saturated heterocycles. The molecule has 0 unspecified atom stereocenters. The number of nitrogens with zero attached hydrogens (tertiary/aromatic N) is 2. The van der Waals surface area contributed by atoms with E-state index in [-0.39, 0.29) is 5.28 Å². The Morgan fingerprint density at radius 2 is 2.08 bits per heavy atom. The first-order chi connectivity index (χ1) is 5.68. The van der Waals surface area contributed by atoms with Crippen LogP contribution in [0.5, 0.6) is 0 Å². The first kappa shape index (κ1) is 8.29. The molecule has 0 aliphatic heterocycles. The first-order valence-electron chi connectivity index (χ1n) is 3.04. The number of H-pyrrole nitrogens is 1. The summed E-state index contributed by atoms with van der Waals surface area (Å²) in [7, 11) is 0. The van der Waals surface area contributed by atoms with E-state index in [1.807, 2.05) is 0 Å². The van der Waals surface area contributed by atoms with E-state index in [1.54, 1.807) is 6.20 Å². The highest BCUT2D eigenvalue weighted by Crippen LogP contribution is 2.28. The molecule has 0 saturated carbocycles. The molecule has 2 rings (SSSR count). The number of aromatic amines is 1. The van der Waals surface area contributed by atoms with Gasteiger partial charge in [0.2, 0.25) is 5.28 Å². The lowest BCUT2D eigenvalue weighted by Gasteiger charge is -1.93. The van der Waals surface area contributed by atoms with Crippen LogP contribution in [0.1, 0.15) is 0 Å². The summed E-state index contributed by atoms with van der Waals surface area (Å²) in [5.74, 6) is 0. The van der Waals surface area contributed by atoms with Gasteiger partial charge in [-0.2, -0.15) is 4.98 Å². The molecule has 12 heavy (non-hydrogen) atoms. The third-order valence-corrected chi connectivity index (χ3v) is 2.48. The van der Waals surface area contributed by atoms with E-state index in [1.165, 1.54) is 0 Å². The molecule has 3 nitrogen and oxygen atoms in total. The minimum absolute atomic E-state index is 0.141. The second-order valence-corrected chi connectivity index (χ2v) is 3.69. The zero-order valence-corrected chi connectivity index (χ0v) is 8.70. The fourth-order valence-corrected chi connectivity index (χ4v) is 2.02. The van der Waals surface area contributed by atoms with Crippen LogP contribution in [0.4, 0.5) is 0 Å². The Kier molecular flexibility index (Phi) is 1.98. The van der Waals surface area contributed by atoms with Crippen molar-refractivity contribution in [2.45, 2.75) is 0 Å². The van der Waals surface area contributed by atoms with Crippen molar-refractivity contribution in [1.82, 2.24) is 15.0 Å². The van der Waals surface area contributed by atoms with E-state index in [2.05, 4.69) is 30.9 Å². The molecule has 2 aromatic rings. The quantitative estimate of drug-likeness (QED) is 0.588. The van der Waals surface area contributed by atoms with Gasteiger partial charge in [-0.15, -0.1) is 0 Å². The fraction of sp³-hybridized carbons (Fsp3) is 0. The van der Waals surface area contributed by atoms with Gasteiger partial charge in [0.1, 0.15) is 10.8 Å². The number of halogens is 3. The standard InChI is InChI=1S/C6H2BrCl2N3/c7-2-1-10-5-3(2)4(8)11-6(9)12-5/h1H,(H,10,11,12). The SMILES string of the molecule is Clc1nc(Cl)c2c(Br)c[nH]c2n1. The molecular weight excluding hydrogens is 265 g/mol. The van der Waals surface area contributed by atoms with E-state index in [4.69, 9.17) is 23.2 Å². The lowest BCUT2D eigenvalue weighted by molar-refractivity contribution is 1.20. The van der Waals surface area contributed by atoms with E-state index < -0.39 is 0 Å². The van der Waals surface area contributed by atoms with Crippen molar-refractivity contribution < 1.29 is 0 Å². The molecule has 0 atom stereocenters. The summed E-state index contributed by atoms with van der Waals surface area (Å²) in [5, 5.41) is 1.24. The maximum atomic E-state index is 5.82. The molecule has 2 heterocycles. The van der Waals surface area contributed by atoms with E-state index in [0.717, 1.165) is 9.86 Å². The molecule has 0 spiro atoms. The van der Waals surface area contributed by atoms with Crippen LogP contribution in [0.15, 0.2) is 10.7 Å². The highest BCUT2D eigenvalue weighted by Gasteiger charge is 2.08. The van der Waals surface area contributed by atoms with Gasteiger partial charge in [-0.1, -0.05) is 11.6 Å². The Balaban J connectivity index is 2.93. The third-order valence-electron chi connectivity index (χ3n) is 1.41. The summed E-state index contributed by atoms with van der Waals surface area (Å²) in [4.78, 5) is 10.6. The van der Waals surface area contributed by atoms with Crippen LogP contribution in [0.2, 0.25) is 10.4 Å². The van der Waals surface area contributed by atoms with E-state index in [9.17, 15) is 0 Å². The van der Waals surface area contributed by atoms with Crippen LogP contribution in [-0.4, -0.2) is 15.0 Å². The molecule has 0 bridgehead atoms. The molecule has 0 fully saturated rings. The molecule has 1 N–H and O–H groups in total. The molecule has 0 aliphatic carbocycles. The smallest absolute Gasteiger partial charge is 0.225 e. The van der Waals surface area contributed by atoms with Gasteiger partial charge in [-0.3, -0.25) is 0 Å². The molecular formula is C6H2BrCl2N3. The average molecular weight is 267 g/mol. The van der Waals surface area contributed by atoms with Crippen LogP contribution in [-0.2, 0) is 0 Å². The summed E-state index contributed by atoms with van der Waals surface area (Å²) in [6.45, 7) is 0. The maximum absolute atomic E-state index is 5.82. The van der Waals surface area contributed by atoms with Gasteiger partial charge in [0.15, 0.2) is 0 Å². The van der Waals surface area contributed by atoms with Gasteiger partial charge >= 0.3 is 0 Å². The first-order valence-corrected chi connectivity index (χ1v) is 4.59. The van der Waals surface area contributed by atoms with Gasteiger partial charge in [0, 0.05) is 10.7 Å². The minimum atomic E-state index is 0.141. The number of nitrogens with one attached hydrogen (secondary N) is 1.